The van der Waals surface area contributed by atoms with Crippen molar-refractivity contribution in [3.05, 3.63) is 49.4 Å². The van der Waals surface area contributed by atoms with E-state index < -0.39 is 0 Å². The molecule has 3 aromatic rings. The first-order chi connectivity index (χ1) is 14.3. The number of hydrogen-bond donors (Lipinski definition) is 1. The minimum absolute atomic E-state index is 0.0226. The highest BCUT2D eigenvalue weighted by atomic mass is 35.5. The fourth-order valence-electron chi connectivity index (χ4n) is 3.17. The van der Waals surface area contributed by atoms with Gasteiger partial charge in [0, 0.05) is 13.0 Å². The van der Waals surface area contributed by atoms with Gasteiger partial charge in [-0.15, -0.1) is 0 Å². The Morgan fingerprint density at radius 2 is 1.87 bits per heavy atom. The lowest BCUT2D eigenvalue weighted by molar-refractivity contribution is -0.140. The SMILES string of the molecule is COC(=O)CCCCCn1c(=O)n(Cc2ccc(Cl)c(Cl)c2)c2nc(N)nc(Cl)c21. The fourth-order valence-corrected chi connectivity index (χ4v) is 3.77. The molecule has 0 fully saturated rings. The van der Waals surface area contributed by atoms with Crippen LogP contribution in [-0.4, -0.2) is 32.2 Å². The fraction of sp³-hybridized carbons (Fsp3) is 0.368. The van der Waals surface area contributed by atoms with Gasteiger partial charge < -0.3 is 10.5 Å². The lowest BCUT2D eigenvalue weighted by Gasteiger charge is -2.05. The monoisotopic (exact) mass is 471 g/mol. The zero-order chi connectivity index (χ0) is 21.8. The molecule has 0 unspecified atom stereocenters. The topological polar surface area (TPSA) is 105 Å². The van der Waals surface area contributed by atoms with Gasteiger partial charge in [-0.1, -0.05) is 47.3 Å². The second-order valence-corrected chi connectivity index (χ2v) is 7.87. The quantitative estimate of drug-likeness (QED) is 0.303. The largest absolute Gasteiger partial charge is 0.469 e. The van der Waals surface area contributed by atoms with Crippen LogP contribution in [0.15, 0.2) is 23.0 Å². The molecular weight excluding hydrogens is 453 g/mol. The van der Waals surface area contributed by atoms with E-state index in [1.165, 1.54) is 16.2 Å². The van der Waals surface area contributed by atoms with Crippen molar-refractivity contribution in [1.82, 2.24) is 19.1 Å². The lowest BCUT2D eigenvalue weighted by atomic mass is 10.2. The van der Waals surface area contributed by atoms with Crippen molar-refractivity contribution >= 4 is 57.9 Å². The van der Waals surface area contributed by atoms with Gasteiger partial charge in [-0.05, 0) is 30.5 Å². The maximum absolute atomic E-state index is 13.2. The molecule has 3 rings (SSSR count). The molecule has 0 amide bonds. The number of nitrogen functional groups attached to an aromatic ring is 1. The van der Waals surface area contributed by atoms with E-state index in [-0.39, 0.29) is 29.3 Å². The minimum atomic E-state index is -0.286. The number of fused-ring (bicyclic) bond motifs is 1. The van der Waals surface area contributed by atoms with E-state index in [0.717, 1.165) is 12.0 Å². The highest BCUT2D eigenvalue weighted by molar-refractivity contribution is 6.42. The second-order valence-electron chi connectivity index (χ2n) is 6.70. The van der Waals surface area contributed by atoms with Gasteiger partial charge in [-0.25, -0.2) is 4.79 Å². The van der Waals surface area contributed by atoms with Crippen molar-refractivity contribution in [3.8, 4) is 0 Å². The van der Waals surface area contributed by atoms with Crippen molar-refractivity contribution in [2.75, 3.05) is 12.8 Å². The first-order valence-electron chi connectivity index (χ1n) is 9.24. The van der Waals surface area contributed by atoms with Crippen LogP contribution in [0.4, 0.5) is 5.95 Å². The molecule has 0 aliphatic carbocycles. The van der Waals surface area contributed by atoms with E-state index >= 15 is 0 Å². The molecule has 0 saturated carbocycles. The zero-order valence-electron chi connectivity index (χ0n) is 16.2. The number of nitrogens with two attached hydrogens (primary N) is 1. The summed E-state index contributed by atoms with van der Waals surface area (Å²) in [6.07, 6.45) is 2.42. The van der Waals surface area contributed by atoms with Gasteiger partial charge >= 0.3 is 11.7 Å². The van der Waals surface area contributed by atoms with Crippen molar-refractivity contribution < 1.29 is 9.53 Å². The predicted molar refractivity (Wildman–Crippen MR) is 117 cm³/mol. The highest BCUT2D eigenvalue weighted by Crippen LogP contribution is 2.25. The number of methoxy groups -OCH3 is 1. The molecule has 0 saturated heterocycles. The van der Waals surface area contributed by atoms with Gasteiger partial charge in [0.15, 0.2) is 10.8 Å². The molecule has 2 heterocycles. The van der Waals surface area contributed by atoms with Crippen molar-refractivity contribution in [2.24, 2.45) is 0 Å². The Kier molecular flexibility index (Phi) is 7.23. The van der Waals surface area contributed by atoms with Crippen LogP contribution in [0.25, 0.3) is 11.2 Å². The highest BCUT2D eigenvalue weighted by Gasteiger charge is 2.19. The summed E-state index contributed by atoms with van der Waals surface area (Å²) in [5.74, 6) is -0.275. The predicted octanol–water partition coefficient (Wildman–Crippen LogP) is 3.92. The van der Waals surface area contributed by atoms with Crippen LogP contribution in [-0.2, 0) is 22.6 Å². The first-order valence-corrected chi connectivity index (χ1v) is 10.4. The Morgan fingerprint density at radius 3 is 2.57 bits per heavy atom. The molecule has 8 nitrogen and oxygen atoms in total. The number of aromatic nitrogens is 4. The number of carbonyl (C=O) groups excluding carboxylic acids is 1. The van der Waals surface area contributed by atoms with Crippen molar-refractivity contribution in [2.45, 2.75) is 38.8 Å². The number of hydrogen-bond acceptors (Lipinski definition) is 6. The maximum atomic E-state index is 13.2. The maximum Gasteiger partial charge on any atom is 0.330 e. The number of esters is 1. The molecule has 0 aliphatic rings. The summed E-state index contributed by atoms with van der Waals surface area (Å²) < 4.78 is 7.65. The first kappa shape index (κ1) is 22.4. The number of ether oxygens (including phenoxy) is 1. The summed E-state index contributed by atoms with van der Waals surface area (Å²) in [5.41, 5.74) is 7.01. The van der Waals surface area contributed by atoms with E-state index in [9.17, 15) is 9.59 Å². The summed E-state index contributed by atoms with van der Waals surface area (Å²) in [6.45, 7) is 0.617. The van der Waals surface area contributed by atoms with Crippen LogP contribution in [0.2, 0.25) is 15.2 Å². The number of aryl methyl sites for hydroxylation is 1. The third kappa shape index (κ3) is 4.88. The number of unbranched alkanes of at least 4 members (excludes halogenated alkanes) is 2. The zero-order valence-corrected chi connectivity index (χ0v) is 18.5. The van der Waals surface area contributed by atoms with Gasteiger partial charge in [0.25, 0.3) is 0 Å². The van der Waals surface area contributed by atoms with Crippen LogP contribution in [0.5, 0.6) is 0 Å². The van der Waals surface area contributed by atoms with Crippen molar-refractivity contribution in [3.63, 3.8) is 0 Å². The van der Waals surface area contributed by atoms with Crippen LogP contribution in [0.3, 0.4) is 0 Å². The number of benzene rings is 1. The summed E-state index contributed by atoms with van der Waals surface area (Å²) in [7, 11) is 1.36. The normalized spacial score (nSPS) is 11.2. The molecule has 2 aromatic heterocycles. The number of imidazole rings is 1. The Balaban J connectivity index is 1.91. The van der Waals surface area contributed by atoms with Crippen LogP contribution in [0, 0.1) is 0 Å². The van der Waals surface area contributed by atoms with Crippen LogP contribution < -0.4 is 11.4 Å². The standard InChI is InChI=1S/C19H20Cl3N5O3/c1-30-14(28)5-3-2-4-8-26-15-16(22)24-18(23)25-17(15)27(19(26)29)10-11-6-7-12(20)13(21)9-11/h6-7,9H,2-5,8,10H2,1H3,(H2,23,24,25). The molecular formula is C19H20Cl3N5O3. The minimum Gasteiger partial charge on any atom is -0.469 e. The number of carbonyl (C=O) groups is 1. The summed E-state index contributed by atoms with van der Waals surface area (Å²) >= 11 is 18.4. The Bertz CT molecular complexity index is 1140. The molecule has 160 valence electrons. The summed E-state index contributed by atoms with van der Waals surface area (Å²) in [5, 5.41) is 0.928. The third-order valence-corrected chi connectivity index (χ3v) is 5.65. The summed E-state index contributed by atoms with van der Waals surface area (Å²) in [6, 6.07) is 5.14. The average molecular weight is 473 g/mol. The van der Waals surface area contributed by atoms with Gasteiger partial charge in [-0.2, -0.15) is 9.97 Å². The molecule has 11 heteroatoms. The number of rotatable bonds is 8. The van der Waals surface area contributed by atoms with E-state index in [2.05, 4.69) is 14.7 Å². The molecule has 1 aromatic carbocycles. The molecule has 0 bridgehead atoms. The molecule has 0 atom stereocenters. The van der Waals surface area contributed by atoms with E-state index in [0.29, 0.717) is 47.0 Å². The molecule has 0 aliphatic heterocycles. The van der Waals surface area contributed by atoms with Crippen LogP contribution >= 0.6 is 34.8 Å². The molecule has 0 radical (unpaired) electrons. The molecule has 0 spiro atoms. The van der Waals surface area contributed by atoms with Crippen molar-refractivity contribution in [1.29, 1.82) is 0 Å². The third-order valence-electron chi connectivity index (χ3n) is 4.64. The average Bonchev–Trinajstić information content (AvgIpc) is 2.96. The molecule has 30 heavy (non-hydrogen) atoms. The van der Waals surface area contributed by atoms with Gasteiger partial charge in [-0.3, -0.25) is 13.9 Å². The second kappa shape index (κ2) is 9.68. The molecule has 2 N–H and O–H groups in total. The van der Waals surface area contributed by atoms with E-state index in [1.807, 2.05) is 0 Å². The Morgan fingerprint density at radius 1 is 1.10 bits per heavy atom. The van der Waals surface area contributed by atoms with Gasteiger partial charge in [0.2, 0.25) is 5.95 Å². The van der Waals surface area contributed by atoms with Crippen LogP contribution in [0.1, 0.15) is 31.2 Å². The lowest BCUT2D eigenvalue weighted by Crippen LogP contribution is -2.25. The van der Waals surface area contributed by atoms with E-state index in [4.69, 9.17) is 40.5 Å². The Labute approximate surface area is 187 Å². The number of halogens is 3. The van der Waals surface area contributed by atoms with Gasteiger partial charge in [0.05, 0.1) is 23.7 Å². The van der Waals surface area contributed by atoms with E-state index in [1.54, 1.807) is 18.2 Å². The number of anilines is 1. The smallest absolute Gasteiger partial charge is 0.330 e. The Hall–Kier alpha value is -2.29. The summed E-state index contributed by atoms with van der Waals surface area (Å²) in [4.78, 5) is 32.6. The number of nitrogens with zero attached hydrogens (tertiary/aromatic N) is 4. The van der Waals surface area contributed by atoms with Gasteiger partial charge in [0.1, 0.15) is 5.52 Å².